The molecule has 32 heavy (non-hydrogen) atoms. The molecule has 1 atom stereocenters. The number of amidine groups is 1. The van der Waals surface area contributed by atoms with Crippen molar-refractivity contribution in [3.63, 3.8) is 0 Å². The number of carbonyl (C=O) groups excluding carboxylic acids is 1. The molecule has 0 aliphatic carbocycles. The summed E-state index contributed by atoms with van der Waals surface area (Å²) in [7, 11) is 0. The quantitative estimate of drug-likeness (QED) is 0.348. The van der Waals surface area contributed by atoms with Gasteiger partial charge in [-0.25, -0.2) is 9.79 Å². The number of para-hydroxylation sites is 1. The molecule has 3 rings (SSSR count). The Balaban J connectivity index is 1.89. The third-order valence-electron chi connectivity index (χ3n) is 4.75. The zero-order valence-electron chi connectivity index (χ0n) is 18.2. The fraction of sp³-hybridized carbons (Fsp3) is 0.304. The fourth-order valence-corrected chi connectivity index (χ4v) is 4.18. The number of non-ortho nitro benzene ring substituents is 1. The van der Waals surface area contributed by atoms with Crippen molar-refractivity contribution in [2.45, 2.75) is 32.6 Å². The number of nitrogens with zero attached hydrogens (tertiary/aromatic N) is 2. The molecule has 0 saturated carbocycles. The Morgan fingerprint density at radius 3 is 2.53 bits per heavy atom. The number of thioether (sulfide) groups is 1. The molecular formula is C23H25N3O5S. The standard InChI is InChI=1S/C23H25N3O5S/c1-4-30-19-9-7-6-8-18(19)21-20(22(27)31-5-2)15(3)24-23(25-21)32-14-16-10-12-17(13-11-16)26(28)29/h6-13,21H,4-5,14H2,1-3H3,(H,24,25)/t21-/m0/s1. The highest BCUT2D eigenvalue weighted by Gasteiger charge is 2.32. The molecule has 0 amide bonds. The molecule has 0 radical (unpaired) electrons. The van der Waals surface area contributed by atoms with Crippen molar-refractivity contribution >= 4 is 28.6 Å². The van der Waals surface area contributed by atoms with Crippen molar-refractivity contribution in [2.75, 3.05) is 13.2 Å². The van der Waals surface area contributed by atoms with Crippen LogP contribution in [0.1, 0.15) is 37.9 Å². The number of aliphatic imine (C=N–C) groups is 1. The third kappa shape index (κ3) is 5.47. The molecule has 0 unspecified atom stereocenters. The van der Waals surface area contributed by atoms with Crippen LogP contribution >= 0.6 is 11.8 Å². The summed E-state index contributed by atoms with van der Waals surface area (Å²) >= 11 is 1.46. The number of benzene rings is 2. The first-order chi connectivity index (χ1) is 15.4. The van der Waals surface area contributed by atoms with E-state index < -0.39 is 16.9 Å². The summed E-state index contributed by atoms with van der Waals surface area (Å²) in [5, 5.41) is 14.7. The fourth-order valence-electron chi connectivity index (χ4n) is 3.28. The van der Waals surface area contributed by atoms with Crippen LogP contribution in [0.3, 0.4) is 0 Å². The smallest absolute Gasteiger partial charge is 0.338 e. The SMILES string of the molecule is CCOC(=O)C1=C(C)NC(SCc2ccc([N+](=O)[O-])cc2)=N[C@H]1c1ccccc1OCC. The molecule has 1 N–H and O–H groups in total. The van der Waals surface area contributed by atoms with Gasteiger partial charge in [-0.2, -0.15) is 0 Å². The van der Waals surface area contributed by atoms with E-state index in [-0.39, 0.29) is 12.3 Å². The lowest BCUT2D eigenvalue weighted by Gasteiger charge is -2.27. The third-order valence-corrected chi connectivity index (χ3v) is 5.71. The highest BCUT2D eigenvalue weighted by atomic mass is 32.2. The first kappa shape index (κ1) is 23.3. The molecule has 1 aliphatic rings. The summed E-state index contributed by atoms with van der Waals surface area (Å²) in [6.45, 7) is 6.25. The number of esters is 1. The molecule has 9 heteroatoms. The predicted molar refractivity (Wildman–Crippen MR) is 125 cm³/mol. The van der Waals surface area contributed by atoms with Gasteiger partial charge in [-0.15, -0.1) is 0 Å². The molecule has 0 bridgehead atoms. The lowest BCUT2D eigenvalue weighted by Crippen LogP contribution is -2.30. The molecule has 1 aliphatic heterocycles. The molecule has 168 valence electrons. The monoisotopic (exact) mass is 455 g/mol. The number of allylic oxidation sites excluding steroid dienone is 1. The molecule has 2 aromatic carbocycles. The van der Waals surface area contributed by atoms with Crippen molar-refractivity contribution in [2.24, 2.45) is 4.99 Å². The van der Waals surface area contributed by atoms with Crippen LogP contribution in [0.4, 0.5) is 5.69 Å². The number of hydrogen-bond acceptors (Lipinski definition) is 8. The minimum atomic E-state index is -0.572. The van der Waals surface area contributed by atoms with Crippen LogP contribution in [-0.4, -0.2) is 29.3 Å². The van der Waals surface area contributed by atoms with E-state index in [0.29, 0.717) is 34.5 Å². The second-order valence-corrected chi connectivity index (χ2v) is 7.87. The van der Waals surface area contributed by atoms with Crippen molar-refractivity contribution < 1.29 is 19.2 Å². The van der Waals surface area contributed by atoms with Crippen molar-refractivity contribution in [3.05, 3.63) is 81.0 Å². The average Bonchev–Trinajstić information content (AvgIpc) is 2.78. The highest BCUT2D eigenvalue weighted by molar-refractivity contribution is 8.13. The van der Waals surface area contributed by atoms with Gasteiger partial charge in [-0.1, -0.05) is 42.1 Å². The Hall–Kier alpha value is -3.33. The summed E-state index contributed by atoms with van der Waals surface area (Å²) in [5.41, 5.74) is 2.87. The van der Waals surface area contributed by atoms with E-state index in [0.717, 1.165) is 11.1 Å². The van der Waals surface area contributed by atoms with Gasteiger partial charge in [0.05, 0.1) is 23.7 Å². The van der Waals surface area contributed by atoms with E-state index in [1.807, 2.05) is 38.1 Å². The van der Waals surface area contributed by atoms with Gasteiger partial charge in [0, 0.05) is 29.1 Å². The lowest BCUT2D eigenvalue weighted by molar-refractivity contribution is -0.384. The Labute approximate surface area is 190 Å². The first-order valence-corrected chi connectivity index (χ1v) is 11.2. The van der Waals surface area contributed by atoms with Gasteiger partial charge in [0.25, 0.3) is 5.69 Å². The Kier molecular flexibility index (Phi) is 7.88. The Morgan fingerprint density at radius 1 is 1.16 bits per heavy atom. The van der Waals surface area contributed by atoms with Crippen molar-refractivity contribution in [1.29, 1.82) is 0 Å². The second kappa shape index (κ2) is 10.8. The predicted octanol–water partition coefficient (Wildman–Crippen LogP) is 4.76. The van der Waals surface area contributed by atoms with Crippen LogP contribution in [0.5, 0.6) is 5.75 Å². The summed E-state index contributed by atoms with van der Waals surface area (Å²) in [5.74, 6) is 0.808. The maximum absolute atomic E-state index is 12.7. The first-order valence-electron chi connectivity index (χ1n) is 10.2. The van der Waals surface area contributed by atoms with Crippen LogP contribution in [-0.2, 0) is 15.3 Å². The van der Waals surface area contributed by atoms with Gasteiger partial charge in [0.2, 0.25) is 0 Å². The van der Waals surface area contributed by atoms with Crippen LogP contribution in [0.2, 0.25) is 0 Å². The number of nitro groups is 1. The van der Waals surface area contributed by atoms with Crippen LogP contribution in [0.25, 0.3) is 0 Å². The van der Waals surface area contributed by atoms with Crippen LogP contribution in [0.15, 0.2) is 64.8 Å². The van der Waals surface area contributed by atoms with E-state index >= 15 is 0 Å². The van der Waals surface area contributed by atoms with Crippen molar-refractivity contribution in [3.8, 4) is 5.75 Å². The average molecular weight is 456 g/mol. The number of hydrogen-bond donors (Lipinski definition) is 1. The van der Waals surface area contributed by atoms with Gasteiger partial charge >= 0.3 is 5.97 Å². The molecule has 0 saturated heterocycles. The van der Waals surface area contributed by atoms with E-state index in [1.54, 1.807) is 19.1 Å². The molecule has 0 aromatic heterocycles. The molecule has 2 aromatic rings. The normalized spacial score (nSPS) is 15.6. The van der Waals surface area contributed by atoms with Gasteiger partial charge in [0.15, 0.2) is 5.17 Å². The van der Waals surface area contributed by atoms with E-state index in [2.05, 4.69) is 5.32 Å². The van der Waals surface area contributed by atoms with Crippen LogP contribution < -0.4 is 10.1 Å². The molecule has 1 heterocycles. The minimum absolute atomic E-state index is 0.0531. The maximum Gasteiger partial charge on any atom is 0.338 e. The van der Waals surface area contributed by atoms with E-state index in [4.69, 9.17) is 14.5 Å². The van der Waals surface area contributed by atoms with Gasteiger partial charge in [-0.05, 0) is 32.4 Å². The largest absolute Gasteiger partial charge is 0.494 e. The summed E-state index contributed by atoms with van der Waals surface area (Å²) in [6.07, 6.45) is 0. The van der Waals surface area contributed by atoms with E-state index in [9.17, 15) is 14.9 Å². The molecule has 0 fully saturated rings. The van der Waals surface area contributed by atoms with Crippen molar-refractivity contribution in [1.82, 2.24) is 5.32 Å². The molecular weight excluding hydrogens is 430 g/mol. The number of nitrogens with one attached hydrogen (secondary N) is 1. The maximum atomic E-state index is 12.7. The summed E-state index contributed by atoms with van der Waals surface area (Å²) in [6, 6.07) is 13.4. The van der Waals surface area contributed by atoms with Crippen LogP contribution in [0, 0.1) is 10.1 Å². The van der Waals surface area contributed by atoms with E-state index in [1.165, 1.54) is 23.9 Å². The Bertz CT molecular complexity index is 1050. The zero-order valence-corrected chi connectivity index (χ0v) is 19.0. The van der Waals surface area contributed by atoms with Gasteiger partial charge < -0.3 is 14.8 Å². The van der Waals surface area contributed by atoms with Gasteiger partial charge in [-0.3, -0.25) is 10.1 Å². The number of rotatable bonds is 8. The van der Waals surface area contributed by atoms with Gasteiger partial charge in [0.1, 0.15) is 11.8 Å². The number of carbonyl (C=O) groups is 1. The lowest BCUT2D eigenvalue weighted by atomic mass is 9.96. The minimum Gasteiger partial charge on any atom is -0.494 e. The highest BCUT2D eigenvalue weighted by Crippen LogP contribution is 2.38. The summed E-state index contributed by atoms with van der Waals surface area (Å²) in [4.78, 5) is 28.0. The molecule has 8 nitrogen and oxygen atoms in total. The molecule has 0 spiro atoms. The second-order valence-electron chi connectivity index (χ2n) is 6.90. The number of ether oxygens (including phenoxy) is 2. The Morgan fingerprint density at radius 2 is 1.88 bits per heavy atom. The summed E-state index contributed by atoms with van der Waals surface area (Å²) < 4.78 is 11.1. The topological polar surface area (TPSA) is 103 Å². The number of nitro benzene ring substituents is 1. The zero-order chi connectivity index (χ0) is 23.1.